The summed E-state index contributed by atoms with van der Waals surface area (Å²) in [6.45, 7) is 3.74. The van der Waals surface area contributed by atoms with Gasteiger partial charge in [-0.15, -0.1) is 11.8 Å². The molecule has 0 radical (unpaired) electrons. The maximum absolute atomic E-state index is 11.4. The topological polar surface area (TPSA) is 92.9 Å². The lowest BCUT2D eigenvalue weighted by molar-refractivity contribution is -0.144. The van der Waals surface area contributed by atoms with Crippen molar-refractivity contribution in [2.75, 3.05) is 7.11 Å². The first-order valence-electron chi connectivity index (χ1n) is 5.53. The molecule has 2 aliphatic heterocycles. The summed E-state index contributed by atoms with van der Waals surface area (Å²) < 4.78 is 4.10. The molecule has 0 aromatic carbocycles. The predicted octanol–water partition coefficient (Wildman–Crippen LogP) is -0.00910. The zero-order valence-corrected chi connectivity index (χ0v) is 11.2. The fourth-order valence-corrected chi connectivity index (χ4v) is 4.07. The quantitative estimate of drug-likeness (QED) is 0.539. The van der Waals surface area contributed by atoms with Gasteiger partial charge in [-0.3, -0.25) is 0 Å². The van der Waals surface area contributed by atoms with E-state index >= 15 is 0 Å². The molecule has 0 bridgehead atoms. The Morgan fingerprint density at radius 2 is 2.17 bits per heavy atom. The van der Waals surface area contributed by atoms with E-state index in [-0.39, 0.29) is 11.4 Å². The number of carbonyl (C=O) groups excluding carboxylic acids is 1. The van der Waals surface area contributed by atoms with Crippen LogP contribution in [-0.4, -0.2) is 51.3 Å². The van der Waals surface area contributed by atoms with Gasteiger partial charge in [0, 0.05) is 16.5 Å². The van der Waals surface area contributed by atoms with Crippen LogP contribution in [0.25, 0.3) is 0 Å². The second-order valence-corrected chi connectivity index (χ2v) is 6.65. The molecule has 0 amide bonds. The highest BCUT2D eigenvalue weighted by Gasteiger charge is 2.60. The Balaban J connectivity index is 2.32. The first-order chi connectivity index (χ1) is 8.29. The van der Waals surface area contributed by atoms with Gasteiger partial charge in [-0.25, -0.2) is 9.59 Å². The molecule has 0 unspecified atom stereocenters. The van der Waals surface area contributed by atoms with Crippen LogP contribution in [0.15, 0.2) is 11.8 Å². The number of hydrogen-bond acceptors (Lipinski definition) is 6. The van der Waals surface area contributed by atoms with Crippen molar-refractivity contribution >= 4 is 23.7 Å². The van der Waals surface area contributed by atoms with Crippen LogP contribution < -0.4 is 5.73 Å². The summed E-state index contributed by atoms with van der Waals surface area (Å²) in [5.74, 6) is -1.42. The third-order valence-corrected chi connectivity index (χ3v) is 4.88. The largest absolute Gasteiger partial charge is 0.480 e. The number of carbonyl (C=O) groups is 2. The SMILES string of the molecule is COC(=O)C=C1[C@@H](N)[C@H]2SC(C)(C)[C@H](C(=O)O)N12. The van der Waals surface area contributed by atoms with Crippen LogP contribution in [0.3, 0.4) is 0 Å². The zero-order valence-electron chi connectivity index (χ0n) is 10.4. The van der Waals surface area contributed by atoms with Gasteiger partial charge in [-0.05, 0) is 13.8 Å². The highest BCUT2D eigenvalue weighted by atomic mass is 32.2. The minimum atomic E-state index is -0.905. The van der Waals surface area contributed by atoms with Crippen molar-refractivity contribution < 1.29 is 19.4 Å². The van der Waals surface area contributed by atoms with E-state index in [0.29, 0.717) is 5.70 Å². The number of ether oxygens (including phenoxy) is 1. The van der Waals surface area contributed by atoms with Crippen LogP contribution in [0, 0.1) is 0 Å². The molecule has 100 valence electrons. The standard InChI is InChI=1S/C11H16N2O4S/c1-11(2)8(10(15)16)13-5(4-6(14)17-3)7(12)9(13)18-11/h4,7-9H,12H2,1-3H3,(H,15,16)/t7-,8+,9-/m1/s1. The molecular weight excluding hydrogens is 256 g/mol. The first kappa shape index (κ1) is 13.2. The lowest BCUT2D eigenvalue weighted by Gasteiger charge is -2.46. The Morgan fingerprint density at radius 1 is 1.56 bits per heavy atom. The number of hydrogen-bond donors (Lipinski definition) is 2. The number of nitrogens with zero attached hydrogens (tertiary/aromatic N) is 1. The van der Waals surface area contributed by atoms with Gasteiger partial charge in [-0.2, -0.15) is 0 Å². The molecule has 2 heterocycles. The normalized spacial score (nSPS) is 35.0. The van der Waals surface area contributed by atoms with E-state index in [1.165, 1.54) is 24.9 Å². The first-order valence-corrected chi connectivity index (χ1v) is 6.41. The van der Waals surface area contributed by atoms with Gasteiger partial charge in [0.25, 0.3) is 0 Å². The Hall–Kier alpha value is -1.21. The molecule has 3 atom stereocenters. The Morgan fingerprint density at radius 3 is 2.67 bits per heavy atom. The average Bonchev–Trinajstić information content (AvgIpc) is 2.54. The summed E-state index contributed by atoms with van der Waals surface area (Å²) in [4.78, 5) is 24.3. The lowest BCUT2D eigenvalue weighted by Crippen LogP contribution is -2.62. The van der Waals surface area contributed by atoms with Gasteiger partial charge in [0.15, 0.2) is 0 Å². The molecule has 0 aliphatic carbocycles. The third kappa shape index (κ3) is 1.78. The Labute approximate surface area is 109 Å². The summed E-state index contributed by atoms with van der Waals surface area (Å²) in [5.41, 5.74) is 6.50. The molecule has 7 heteroatoms. The number of esters is 1. The molecular formula is C11H16N2O4S. The highest BCUT2D eigenvalue weighted by molar-refractivity contribution is 8.01. The molecule has 0 saturated carbocycles. The van der Waals surface area contributed by atoms with Gasteiger partial charge in [-0.1, -0.05) is 0 Å². The van der Waals surface area contributed by atoms with Crippen LogP contribution in [-0.2, 0) is 14.3 Å². The monoisotopic (exact) mass is 272 g/mol. The summed E-state index contributed by atoms with van der Waals surface area (Å²) >= 11 is 1.53. The fraction of sp³-hybridized carbons (Fsp3) is 0.636. The average molecular weight is 272 g/mol. The van der Waals surface area contributed by atoms with Crippen molar-refractivity contribution in [3.63, 3.8) is 0 Å². The van der Waals surface area contributed by atoms with Crippen LogP contribution >= 0.6 is 11.8 Å². The van der Waals surface area contributed by atoms with Gasteiger partial charge in [0.05, 0.1) is 18.5 Å². The Kier molecular flexibility index (Phi) is 3.06. The third-order valence-electron chi connectivity index (χ3n) is 3.28. The van der Waals surface area contributed by atoms with E-state index in [1.54, 1.807) is 4.90 Å². The lowest BCUT2D eigenvalue weighted by atomic mass is 9.94. The minimum absolute atomic E-state index is 0.0861. The van der Waals surface area contributed by atoms with Crippen molar-refractivity contribution in [2.45, 2.75) is 36.1 Å². The second-order valence-electron chi connectivity index (χ2n) is 4.88. The number of carboxylic acids is 1. The molecule has 2 rings (SSSR count). The summed E-state index contributed by atoms with van der Waals surface area (Å²) in [7, 11) is 1.28. The van der Waals surface area contributed by atoms with E-state index in [9.17, 15) is 14.7 Å². The van der Waals surface area contributed by atoms with Crippen molar-refractivity contribution in [3.8, 4) is 0 Å². The molecule has 3 N–H and O–H groups in total. The molecule has 0 aromatic rings. The number of thioether (sulfide) groups is 1. The van der Waals surface area contributed by atoms with E-state index in [1.807, 2.05) is 13.8 Å². The number of methoxy groups -OCH3 is 1. The van der Waals surface area contributed by atoms with E-state index in [4.69, 9.17) is 5.73 Å². The van der Waals surface area contributed by atoms with E-state index < -0.39 is 22.7 Å². The van der Waals surface area contributed by atoms with Gasteiger partial charge < -0.3 is 20.5 Å². The van der Waals surface area contributed by atoms with Crippen LogP contribution in [0.2, 0.25) is 0 Å². The number of fused-ring (bicyclic) bond motifs is 1. The van der Waals surface area contributed by atoms with Gasteiger partial charge >= 0.3 is 11.9 Å². The highest BCUT2D eigenvalue weighted by Crippen LogP contribution is 2.53. The fourth-order valence-electron chi connectivity index (χ4n) is 2.46. The van der Waals surface area contributed by atoms with Gasteiger partial charge in [0.1, 0.15) is 6.04 Å². The van der Waals surface area contributed by atoms with Crippen molar-refractivity contribution in [3.05, 3.63) is 11.8 Å². The number of aliphatic carboxylic acids is 1. The maximum Gasteiger partial charge on any atom is 0.332 e. The molecule has 0 spiro atoms. The van der Waals surface area contributed by atoms with Crippen molar-refractivity contribution in [1.29, 1.82) is 0 Å². The summed E-state index contributed by atoms with van der Waals surface area (Å²) in [5, 5.41) is 9.24. The smallest absolute Gasteiger partial charge is 0.332 e. The van der Waals surface area contributed by atoms with Crippen molar-refractivity contribution in [1.82, 2.24) is 4.90 Å². The number of carboxylic acid groups (broad SMARTS) is 1. The Bertz CT molecular complexity index is 435. The predicted molar refractivity (Wildman–Crippen MR) is 66.8 cm³/mol. The van der Waals surface area contributed by atoms with Crippen LogP contribution in [0.4, 0.5) is 0 Å². The van der Waals surface area contributed by atoms with Crippen molar-refractivity contribution in [2.24, 2.45) is 5.73 Å². The molecule has 18 heavy (non-hydrogen) atoms. The molecule has 2 aliphatic rings. The molecule has 0 aromatic heterocycles. The zero-order chi connectivity index (χ0) is 13.7. The second kappa shape index (κ2) is 4.17. The van der Waals surface area contributed by atoms with E-state index in [0.717, 1.165) is 0 Å². The van der Waals surface area contributed by atoms with Crippen LogP contribution in [0.5, 0.6) is 0 Å². The number of nitrogens with two attached hydrogens (primary N) is 1. The summed E-state index contributed by atoms with van der Waals surface area (Å²) in [6.07, 6.45) is 1.28. The van der Waals surface area contributed by atoms with Crippen LogP contribution in [0.1, 0.15) is 13.8 Å². The summed E-state index contributed by atoms with van der Waals surface area (Å²) in [6, 6.07) is -0.999. The molecule has 2 fully saturated rings. The minimum Gasteiger partial charge on any atom is -0.480 e. The number of rotatable bonds is 2. The maximum atomic E-state index is 11.4. The van der Waals surface area contributed by atoms with Gasteiger partial charge in [0.2, 0.25) is 0 Å². The molecule has 2 saturated heterocycles. The van der Waals surface area contributed by atoms with E-state index in [2.05, 4.69) is 4.74 Å². The molecule has 6 nitrogen and oxygen atoms in total.